The largest absolute Gasteiger partial charge is 1.00 e. The van der Waals surface area contributed by atoms with E-state index in [-0.39, 0.29) is 123 Å². The van der Waals surface area contributed by atoms with Crippen LogP contribution in [0.2, 0.25) is 0 Å². The molecule has 0 aliphatic heterocycles. The summed E-state index contributed by atoms with van der Waals surface area (Å²) in [6.07, 6.45) is 0. The second kappa shape index (κ2) is 19.1. The Bertz CT molecular complexity index is 172. The maximum Gasteiger partial charge on any atom is 1.00 e. The topological polar surface area (TPSA) is 57.5 Å². The van der Waals surface area contributed by atoms with Crippen molar-refractivity contribution in [1.82, 2.24) is 0 Å². The van der Waals surface area contributed by atoms with E-state index in [2.05, 4.69) is 15.6 Å². The van der Waals surface area contributed by atoms with E-state index in [1.54, 1.807) is 0 Å². The average Bonchev–Trinajstić information content (AvgIpc) is 2.05. The molecule has 0 fully saturated rings. The summed E-state index contributed by atoms with van der Waals surface area (Å²) in [6.45, 7) is -2.13. The van der Waals surface area contributed by atoms with Crippen LogP contribution in [0.4, 0.5) is 0 Å². The van der Waals surface area contributed by atoms with Gasteiger partial charge in [-0.25, -0.2) is 0 Å². The van der Waals surface area contributed by atoms with Crippen molar-refractivity contribution in [1.29, 1.82) is 0 Å². The van der Waals surface area contributed by atoms with E-state index in [0.717, 1.165) is 16.2 Å². The van der Waals surface area contributed by atoms with Gasteiger partial charge in [0.05, 0.1) is 0 Å². The van der Waals surface area contributed by atoms with Crippen molar-refractivity contribution < 1.29 is 138 Å². The van der Waals surface area contributed by atoms with Gasteiger partial charge in [-0.2, -0.15) is 0 Å². The third-order valence-corrected chi connectivity index (χ3v) is 34.9. The summed E-state index contributed by atoms with van der Waals surface area (Å²) in [6, 6.07) is 0. The van der Waals surface area contributed by atoms with Crippen molar-refractivity contribution in [2.45, 2.75) is 0 Å². The smallest absolute Gasteiger partial charge is 0.511 e. The molecule has 2 N–H and O–H groups in total. The van der Waals surface area contributed by atoms with E-state index in [1.807, 2.05) is 0 Å². The molecular formula is CH10K2O3P8Pd. The van der Waals surface area contributed by atoms with E-state index in [9.17, 15) is 9.46 Å². The maximum atomic E-state index is 11.2. The van der Waals surface area contributed by atoms with Crippen LogP contribution in [0.25, 0.3) is 0 Å². The molecule has 3 nitrogen and oxygen atoms in total. The van der Waals surface area contributed by atoms with Gasteiger partial charge in [-0.3, -0.25) is 20.8 Å². The molecule has 0 aromatic carbocycles. The Morgan fingerprint density at radius 3 is 2.27 bits per heavy atom. The SMILES string of the molecule is CP[P-]PPP([PH-])P(=O)(O)PO.[K+].[K+].[Pd]. The second-order valence-corrected chi connectivity index (χ2v) is 26.6. The Morgan fingerprint density at radius 1 is 1.47 bits per heavy atom. The zero-order chi connectivity index (χ0) is 9.61. The van der Waals surface area contributed by atoms with Gasteiger partial charge in [0, 0.05) is 20.4 Å². The minimum atomic E-state index is -3.23. The first-order valence-electron chi connectivity index (χ1n) is 2.67. The zero-order valence-electron chi connectivity index (χ0n) is 8.46. The minimum Gasteiger partial charge on any atom is -0.511 e. The third kappa shape index (κ3) is 17.3. The zero-order valence-corrected chi connectivity index (χ0v) is 23.9. The quantitative estimate of drug-likeness (QED) is 0.264. The van der Waals surface area contributed by atoms with Crippen LogP contribution >= 0.6 is 63.3 Å². The van der Waals surface area contributed by atoms with E-state index >= 15 is 0 Å². The van der Waals surface area contributed by atoms with E-state index in [4.69, 9.17) is 4.89 Å². The molecule has 0 aliphatic rings. The molecule has 0 rings (SSSR count). The van der Waals surface area contributed by atoms with E-state index in [1.165, 1.54) is 7.96 Å². The van der Waals surface area contributed by atoms with Crippen molar-refractivity contribution in [2.24, 2.45) is 0 Å². The summed E-state index contributed by atoms with van der Waals surface area (Å²) in [4.78, 5) is 17.8. The van der Waals surface area contributed by atoms with Gasteiger partial charge >= 0.3 is 103 Å². The Kier molecular flexibility index (Phi) is 38.3. The molecule has 6 unspecified atom stereocenters. The summed E-state index contributed by atoms with van der Waals surface area (Å²) in [5, 5.41) is 0. The molecule has 6 atom stereocenters. The molecule has 84 valence electrons. The molecule has 0 bridgehead atoms. The normalized spacial score (nSPS) is 18.9. The maximum absolute atomic E-state index is 11.2. The summed E-state index contributed by atoms with van der Waals surface area (Å²) in [5.74, 6) is 0. The molecule has 0 amide bonds. The van der Waals surface area contributed by atoms with Gasteiger partial charge in [-0.05, 0) is 0 Å². The van der Waals surface area contributed by atoms with Crippen LogP contribution in [-0.2, 0) is 25.0 Å². The van der Waals surface area contributed by atoms with Crippen LogP contribution < -0.4 is 103 Å². The van der Waals surface area contributed by atoms with Crippen LogP contribution in [-0.4, -0.2) is 16.5 Å². The van der Waals surface area contributed by atoms with Crippen LogP contribution in [0, 0.1) is 0 Å². The summed E-state index contributed by atoms with van der Waals surface area (Å²) >= 11 is 0. The molecule has 0 saturated heterocycles. The van der Waals surface area contributed by atoms with E-state index < -0.39 is 22.2 Å². The van der Waals surface area contributed by atoms with Gasteiger partial charge in [0.1, 0.15) is 8.50 Å². The Balaban J connectivity index is -0.000000202. The fourth-order valence-electron chi connectivity index (χ4n) is 0.241. The van der Waals surface area contributed by atoms with Crippen molar-refractivity contribution in [3.8, 4) is 0 Å². The molecular weight excluding hydrogens is 492 g/mol. The summed E-state index contributed by atoms with van der Waals surface area (Å²) in [5.41, 5.74) is 0. The van der Waals surface area contributed by atoms with Gasteiger partial charge in [-0.1, -0.05) is 6.66 Å². The Morgan fingerprint density at radius 2 is 1.93 bits per heavy atom. The monoisotopic (exact) mass is 502 g/mol. The first kappa shape index (κ1) is 30.0. The Labute approximate surface area is 202 Å². The molecule has 0 aromatic heterocycles. The Hall–Kier alpha value is 7.10. The van der Waals surface area contributed by atoms with Gasteiger partial charge in [0.2, 0.25) is 6.75 Å². The molecule has 0 saturated carbocycles. The van der Waals surface area contributed by atoms with Crippen LogP contribution in [0.1, 0.15) is 0 Å². The second-order valence-electron chi connectivity index (χ2n) is 1.51. The van der Waals surface area contributed by atoms with Crippen LogP contribution in [0.5, 0.6) is 0 Å². The van der Waals surface area contributed by atoms with Gasteiger partial charge in [0.25, 0.3) is 0 Å². The molecule has 15 heavy (non-hydrogen) atoms. The first-order chi connectivity index (χ1) is 5.54. The molecule has 0 spiro atoms. The predicted octanol–water partition coefficient (Wildman–Crippen LogP) is -1.51. The van der Waals surface area contributed by atoms with Crippen molar-refractivity contribution in [3.05, 3.63) is 0 Å². The fraction of sp³-hybridized carbons (Fsp3) is 1.00. The fourth-order valence-corrected chi connectivity index (χ4v) is 35.3. The average molecular weight is 502 g/mol. The van der Waals surface area contributed by atoms with Gasteiger partial charge in [-0.15, -0.1) is 14.9 Å². The minimum absolute atomic E-state index is 0. The number of hydrogen-bond acceptors (Lipinski definition) is 2. The standard InChI is InChI=1S/CH10O3P8.2K.Pd/c1-6-8-9-10-11(5)12(3,4)7-2;;;/h2,5-7,9-10H,1H3,(H,3,4);;;/q-2;2*+1;. The van der Waals surface area contributed by atoms with Crippen molar-refractivity contribution in [3.63, 3.8) is 0 Å². The van der Waals surface area contributed by atoms with Crippen LogP contribution in [0.3, 0.4) is 0 Å². The number of hydrogen-bond donors (Lipinski definition) is 2. The third-order valence-electron chi connectivity index (χ3n) is 0.725. The van der Waals surface area contributed by atoms with Crippen LogP contribution in [0.15, 0.2) is 0 Å². The van der Waals surface area contributed by atoms with Gasteiger partial charge < -0.3 is 26.7 Å². The first-order valence-corrected chi connectivity index (χ1v) is 17.4. The summed E-state index contributed by atoms with van der Waals surface area (Å²) < 4.78 is 11.2. The molecule has 14 heteroatoms. The van der Waals surface area contributed by atoms with Crippen molar-refractivity contribution >= 4 is 63.3 Å². The van der Waals surface area contributed by atoms with Gasteiger partial charge in [0.15, 0.2) is 0 Å². The molecule has 0 aliphatic carbocycles. The molecule has 0 heterocycles. The molecule has 0 radical (unpaired) electrons. The molecule has 0 aromatic rings. The van der Waals surface area contributed by atoms with E-state index in [0.29, 0.717) is 7.96 Å². The predicted molar refractivity (Wildman–Crippen MR) is 73.4 cm³/mol. The number of rotatable bonds is 6. The summed E-state index contributed by atoms with van der Waals surface area (Å²) in [7, 11) is 5.94. The van der Waals surface area contributed by atoms with Crippen molar-refractivity contribution in [2.75, 3.05) is 6.66 Å².